The third kappa shape index (κ3) is 2.48. The number of carbonyl (C=O) groups is 1. The second-order valence-electron chi connectivity index (χ2n) is 3.65. The van der Waals surface area contributed by atoms with Crippen LogP contribution in [0.25, 0.3) is 0 Å². The van der Waals surface area contributed by atoms with E-state index in [2.05, 4.69) is 0 Å². The largest absolute Gasteiger partial charge is 0.481 e. The molecule has 3 nitrogen and oxygen atoms in total. The van der Waals surface area contributed by atoms with Crippen molar-refractivity contribution in [3.8, 4) is 0 Å². The Morgan fingerprint density at radius 3 is 2.83 bits per heavy atom. The van der Waals surface area contributed by atoms with Gasteiger partial charge in [0.25, 0.3) is 0 Å². The molecule has 0 aromatic carbocycles. The zero-order valence-corrected chi connectivity index (χ0v) is 7.33. The van der Waals surface area contributed by atoms with E-state index in [1.54, 1.807) is 0 Å². The quantitative estimate of drug-likeness (QED) is 0.671. The molecule has 0 heterocycles. The van der Waals surface area contributed by atoms with Gasteiger partial charge < -0.3 is 10.8 Å². The number of carboxylic acids is 1. The lowest BCUT2D eigenvalue weighted by atomic mass is 9.80. The monoisotopic (exact) mass is 171 g/mol. The smallest absolute Gasteiger partial charge is 0.306 e. The maximum atomic E-state index is 10.7. The highest BCUT2D eigenvalue weighted by Crippen LogP contribution is 2.30. The van der Waals surface area contributed by atoms with Crippen molar-refractivity contribution in [2.45, 2.75) is 32.1 Å². The van der Waals surface area contributed by atoms with Crippen LogP contribution in [0.1, 0.15) is 32.1 Å². The molecular weight excluding hydrogens is 154 g/mol. The lowest BCUT2D eigenvalue weighted by Crippen LogP contribution is -2.23. The van der Waals surface area contributed by atoms with Gasteiger partial charge in [0.05, 0.1) is 5.92 Å². The molecule has 1 saturated carbocycles. The molecule has 0 aliphatic heterocycles. The highest BCUT2D eigenvalue weighted by molar-refractivity contribution is 5.70. The van der Waals surface area contributed by atoms with Gasteiger partial charge in [0.15, 0.2) is 0 Å². The Kier molecular flexibility index (Phi) is 3.53. The van der Waals surface area contributed by atoms with E-state index in [0.29, 0.717) is 12.5 Å². The van der Waals surface area contributed by atoms with Crippen molar-refractivity contribution in [3.05, 3.63) is 0 Å². The number of rotatable bonds is 3. The lowest BCUT2D eigenvalue weighted by Gasteiger charge is -2.25. The van der Waals surface area contributed by atoms with Crippen molar-refractivity contribution in [3.63, 3.8) is 0 Å². The first-order valence-electron chi connectivity index (χ1n) is 4.67. The molecule has 0 aromatic heterocycles. The number of aliphatic carboxylic acids is 1. The summed E-state index contributed by atoms with van der Waals surface area (Å²) < 4.78 is 0. The van der Waals surface area contributed by atoms with E-state index >= 15 is 0 Å². The first kappa shape index (κ1) is 9.52. The third-order valence-corrected chi connectivity index (χ3v) is 2.71. The molecule has 0 amide bonds. The average molecular weight is 171 g/mol. The topological polar surface area (TPSA) is 63.3 Å². The second-order valence-corrected chi connectivity index (χ2v) is 3.65. The number of hydrogen-bond acceptors (Lipinski definition) is 2. The first-order valence-corrected chi connectivity index (χ1v) is 4.67. The predicted octanol–water partition coefficient (Wildman–Crippen LogP) is 1.23. The Bertz CT molecular complexity index is 157. The minimum Gasteiger partial charge on any atom is -0.481 e. The fourth-order valence-corrected chi connectivity index (χ4v) is 2.01. The van der Waals surface area contributed by atoms with Crippen molar-refractivity contribution < 1.29 is 9.90 Å². The first-order chi connectivity index (χ1) is 5.74. The van der Waals surface area contributed by atoms with Crippen molar-refractivity contribution in [2.75, 3.05) is 6.54 Å². The Morgan fingerprint density at radius 2 is 2.25 bits per heavy atom. The van der Waals surface area contributed by atoms with Gasteiger partial charge in [0, 0.05) is 0 Å². The highest BCUT2D eigenvalue weighted by atomic mass is 16.4. The van der Waals surface area contributed by atoms with Gasteiger partial charge in [-0.05, 0) is 31.7 Å². The minimum absolute atomic E-state index is 0.102. The van der Waals surface area contributed by atoms with E-state index in [-0.39, 0.29) is 5.92 Å². The normalized spacial score (nSPS) is 30.1. The summed E-state index contributed by atoms with van der Waals surface area (Å²) in [4.78, 5) is 10.7. The minimum atomic E-state index is -0.628. The maximum absolute atomic E-state index is 10.7. The Morgan fingerprint density at radius 1 is 1.50 bits per heavy atom. The number of carboxylic acid groups (broad SMARTS) is 1. The number of hydrogen-bond donors (Lipinski definition) is 2. The molecule has 0 aromatic rings. The van der Waals surface area contributed by atoms with E-state index in [1.165, 1.54) is 6.42 Å². The fourth-order valence-electron chi connectivity index (χ4n) is 2.01. The Labute approximate surface area is 72.9 Å². The van der Waals surface area contributed by atoms with Crippen LogP contribution >= 0.6 is 0 Å². The second kappa shape index (κ2) is 4.45. The van der Waals surface area contributed by atoms with E-state index in [9.17, 15) is 4.79 Å². The summed E-state index contributed by atoms with van der Waals surface area (Å²) in [5, 5.41) is 8.79. The molecule has 2 atom stereocenters. The zero-order valence-electron chi connectivity index (χ0n) is 7.33. The van der Waals surface area contributed by atoms with Crippen LogP contribution in [0, 0.1) is 11.8 Å². The summed E-state index contributed by atoms with van der Waals surface area (Å²) in [6, 6.07) is 0. The van der Waals surface area contributed by atoms with Gasteiger partial charge in [0.1, 0.15) is 0 Å². The number of nitrogens with two attached hydrogens (primary N) is 1. The van der Waals surface area contributed by atoms with Crippen molar-refractivity contribution in [2.24, 2.45) is 17.6 Å². The fraction of sp³-hybridized carbons (Fsp3) is 0.889. The summed E-state index contributed by atoms with van der Waals surface area (Å²) in [6.45, 7) is 0.691. The van der Waals surface area contributed by atoms with Gasteiger partial charge in [-0.15, -0.1) is 0 Å². The van der Waals surface area contributed by atoms with Crippen LogP contribution in [0.3, 0.4) is 0 Å². The van der Waals surface area contributed by atoms with E-state index in [1.807, 2.05) is 0 Å². The van der Waals surface area contributed by atoms with Crippen LogP contribution < -0.4 is 5.73 Å². The zero-order chi connectivity index (χ0) is 8.97. The molecule has 0 radical (unpaired) electrons. The molecule has 0 unspecified atom stereocenters. The van der Waals surface area contributed by atoms with Crippen LogP contribution in [-0.2, 0) is 4.79 Å². The van der Waals surface area contributed by atoms with Gasteiger partial charge in [-0.3, -0.25) is 4.79 Å². The molecule has 70 valence electrons. The van der Waals surface area contributed by atoms with Gasteiger partial charge in [-0.2, -0.15) is 0 Å². The molecule has 3 N–H and O–H groups in total. The summed E-state index contributed by atoms with van der Waals surface area (Å²) in [5.41, 5.74) is 5.43. The van der Waals surface area contributed by atoms with Crippen LogP contribution in [0.4, 0.5) is 0 Å². The van der Waals surface area contributed by atoms with E-state index < -0.39 is 5.97 Å². The lowest BCUT2D eigenvalue weighted by molar-refractivity contribution is -0.143. The van der Waals surface area contributed by atoms with Crippen molar-refractivity contribution >= 4 is 5.97 Å². The van der Waals surface area contributed by atoms with Crippen LogP contribution in [0.5, 0.6) is 0 Å². The summed E-state index contributed by atoms with van der Waals surface area (Å²) in [7, 11) is 0. The van der Waals surface area contributed by atoms with Crippen LogP contribution in [0.2, 0.25) is 0 Å². The van der Waals surface area contributed by atoms with Crippen molar-refractivity contribution in [1.82, 2.24) is 0 Å². The average Bonchev–Trinajstić information content (AvgIpc) is 2.05. The van der Waals surface area contributed by atoms with Gasteiger partial charge in [-0.1, -0.05) is 12.8 Å². The SMILES string of the molecule is NCC[C@@H]1CCC[C@H](C(=O)O)C1. The molecule has 1 fully saturated rings. The standard InChI is InChI=1S/C9H17NO2/c10-5-4-7-2-1-3-8(6-7)9(11)12/h7-8H,1-6,10H2,(H,11,12)/t7-,8-/m0/s1. The summed E-state index contributed by atoms with van der Waals surface area (Å²) in [6.07, 6.45) is 4.91. The Balaban J connectivity index is 2.35. The van der Waals surface area contributed by atoms with Gasteiger partial charge in [-0.25, -0.2) is 0 Å². The summed E-state index contributed by atoms with van der Waals surface area (Å²) >= 11 is 0. The molecule has 3 heteroatoms. The van der Waals surface area contributed by atoms with Gasteiger partial charge in [0.2, 0.25) is 0 Å². The molecule has 1 rings (SSSR count). The molecule has 1 aliphatic carbocycles. The van der Waals surface area contributed by atoms with Gasteiger partial charge >= 0.3 is 5.97 Å². The molecule has 0 saturated heterocycles. The predicted molar refractivity (Wildman–Crippen MR) is 46.8 cm³/mol. The van der Waals surface area contributed by atoms with Crippen molar-refractivity contribution in [1.29, 1.82) is 0 Å². The Hall–Kier alpha value is -0.570. The molecule has 1 aliphatic rings. The molecular formula is C9H17NO2. The third-order valence-electron chi connectivity index (χ3n) is 2.71. The maximum Gasteiger partial charge on any atom is 0.306 e. The van der Waals surface area contributed by atoms with Crippen LogP contribution in [-0.4, -0.2) is 17.6 Å². The van der Waals surface area contributed by atoms with E-state index in [4.69, 9.17) is 10.8 Å². The molecule has 0 bridgehead atoms. The summed E-state index contributed by atoms with van der Waals surface area (Å²) in [5.74, 6) is -0.170. The van der Waals surface area contributed by atoms with E-state index in [0.717, 1.165) is 25.7 Å². The highest BCUT2D eigenvalue weighted by Gasteiger charge is 2.25. The molecule has 0 spiro atoms. The molecule has 12 heavy (non-hydrogen) atoms. The van der Waals surface area contributed by atoms with Crippen LogP contribution in [0.15, 0.2) is 0 Å².